The van der Waals surface area contributed by atoms with Gasteiger partial charge >= 0.3 is 0 Å². The zero-order chi connectivity index (χ0) is 28.3. The van der Waals surface area contributed by atoms with E-state index in [0.717, 1.165) is 33.1 Å². The SMILES string of the molecule is c1ccc(-c2c3ccccc3c(-c3ccc(-c4cccc5c4oc4cc6ccccc6cc45)cc3)c3ccccc23)cc1. The molecule has 0 spiro atoms. The standard InChI is InChI=1S/C42H26O/c1-2-11-28(12-3-1)40-33-15-6-8-17-35(33)41(36-18-9-7-16-34(36)40)29-23-21-27(22-24-29)32-19-10-20-37-38-25-30-13-4-5-14-31(30)26-39(38)43-42(32)37/h1-26H. The Hall–Kier alpha value is -5.66. The monoisotopic (exact) mass is 546 g/mol. The first kappa shape index (κ1) is 24.0. The summed E-state index contributed by atoms with van der Waals surface area (Å²) in [6.45, 7) is 0. The topological polar surface area (TPSA) is 13.1 Å². The first-order chi connectivity index (χ1) is 21.3. The Morgan fingerprint density at radius 2 is 0.814 bits per heavy atom. The van der Waals surface area contributed by atoms with Crippen LogP contribution in [-0.2, 0) is 0 Å². The van der Waals surface area contributed by atoms with Crippen molar-refractivity contribution in [3.05, 3.63) is 158 Å². The average Bonchev–Trinajstić information content (AvgIpc) is 3.44. The molecule has 8 aromatic carbocycles. The molecule has 1 nitrogen and oxygen atoms in total. The molecule has 200 valence electrons. The third kappa shape index (κ3) is 3.72. The van der Waals surface area contributed by atoms with Gasteiger partial charge in [-0.1, -0.05) is 146 Å². The Bertz CT molecular complexity index is 2420. The number of hydrogen-bond acceptors (Lipinski definition) is 1. The average molecular weight is 547 g/mol. The van der Waals surface area contributed by atoms with Crippen molar-refractivity contribution in [3.8, 4) is 33.4 Å². The Morgan fingerprint density at radius 3 is 1.44 bits per heavy atom. The van der Waals surface area contributed by atoms with Crippen molar-refractivity contribution in [2.45, 2.75) is 0 Å². The minimum Gasteiger partial charge on any atom is -0.455 e. The Morgan fingerprint density at radius 1 is 0.326 bits per heavy atom. The van der Waals surface area contributed by atoms with Crippen molar-refractivity contribution >= 4 is 54.3 Å². The molecule has 0 fully saturated rings. The fourth-order valence-corrected chi connectivity index (χ4v) is 6.88. The molecule has 9 rings (SSSR count). The van der Waals surface area contributed by atoms with Crippen molar-refractivity contribution < 1.29 is 4.42 Å². The maximum atomic E-state index is 6.53. The van der Waals surface area contributed by atoms with Crippen LogP contribution in [0.1, 0.15) is 0 Å². The third-order valence-electron chi connectivity index (χ3n) is 8.84. The molecule has 1 heteroatoms. The molecule has 0 N–H and O–H groups in total. The van der Waals surface area contributed by atoms with Crippen LogP contribution in [0.3, 0.4) is 0 Å². The van der Waals surface area contributed by atoms with E-state index in [2.05, 4.69) is 158 Å². The van der Waals surface area contributed by atoms with Gasteiger partial charge in [-0.2, -0.15) is 0 Å². The van der Waals surface area contributed by atoms with Gasteiger partial charge < -0.3 is 4.42 Å². The van der Waals surface area contributed by atoms with Crippen LogP contribution in [0, 0.1) is 0 Å². The second-order valence-electron chi connectivity index (χ2n) is 11.3. The molecule has 0 bridgehead atoms. The van der Waals surface area contributed by atoms with Crippen molar-refractivity contribution in [3.63, 3.8) is 0 Å². The highest BCUT2D eigenvalue weighted by molar-refractivity contribution is 6.21. The summed E-state index contributed by atoms with van der Waals surface area (Å²) in [6.07, 6.45) is 0. The molecule has 0 aliphatic rings. The van der Waals surface area contributed by atoms with Crippen molar-refractivity contribution in [1.82, 2.24) is 0 Å². The summed E-state index contributed by atoms with van der Waals surface area (Å²) in [5.74, 6) is 0. The predicted molar refractivity (Wildman–Crippen MR) is 183 cm³/mol. The first-order valence-electron chi connectivity index (χ1n) is 14.8. The minimum absolute atomic E-state index is 0.925. The van der Waals surface area contributed by atoms with E-state index in [9.17, 15) is 0 Å². The van der Waals surface area contributed by atoms with Gasteiger partial charge in [-0.3, -0.25) is 0 Å². The minimum atomic E-state index is 0.925. The molecule has 0 amide bonds. The number of benzene rings is 8. The van der Waals surface area contributed by atoms with Crippen LogP contribution in [0.25, 0.3) is 87.6 Å². The lowest BCUT2D eigenvalue weighted by atomic mass is 9.85. The second kappa shape index (κ2) is 9.44. The van der Waals surface area contributed by atoms with Crippen LogP contribution in [0.4, 0.5) is 0 Å². The molecule has 43 heavy (non-hydrogen) atoms. The fraction of sp³-hybridized carbons (Fsp3) is 0. The van der Waals surface area contributed by atoms with E-state index in [1.165, 1.54) is 54.6 Å². The van der Waals surface area contributed by atoms with Gasteiger partial charge in [0.1, 0.15) is 11.2 Å². The van der Waals surface area contributed by atoms with Gasteiger partial charge in [-0.05, 0) is 72.3 Å². The number of hydrogen-bond donors (Lipinski definition) is 0. The lowest BCUT2D eigenvalue weighted by Gasteiger charge is -2.18. The van der Waals surface area contributed by atoms with Crippen LogP contribution in [-0.4, -0.2) is 0 Å². The molecule has 0 radical (unpaired) electrons. The van der Waals surface area contributed by atoms with E-state index in [0.29, 0.717) is 0 Å². The number of para-hydroxylation sites is 1. The predicted octanol–water partition coefficient (Wildman–Crippen LogP) is 12.0. The van der Waals surface area contributed by atoms with Gasteiger partial charge in [-0.15, -0.1) is 0 Å². The van der Waals surface area contributed by atoms with E-state index in [1.807, 2.05) is 0 Å². The molecule has 9 aromatic rings. The van der Waals surface area contributed by atoms with Crippen molar-refractivity contribution in [2.24, 2.45) is 0 Å². The van der Waals surface area contributed by atoms with Gasteiger partial charge in [0.2, 0.25) is 0 Å². The molecule has 0 saturated carbocycles. The maximum Gasteiger partial charge on any atom is 0.143 e. The Kier molecular flexibility index (Phi) is 5.27. The highest BCUT2D eigenvalue weighted by Gasteiger charge is 2.17. The molecule has 0 saturated heterocycles. The van der Waals surface area contributed by atoms with Crippen LogP contribution in [0.15, 0.2) is 162 Å². The summed E-state index contributed by atoms with van der Waals surface area (Å²) in [5.41, 5.74) is 9.12. The van der Waals surface area contributed by atoms with E-state index in [-0.39, 0.29) is 0 Å². The third-order valence-corrected chi connectivity index (χ3v) is 8.84. The molecule has 0 unspecified atom stereocenters. The summed E-state index contributed by atoms with van der Waals surface area (Å²) in [4.78, 5) is 0. The Labute approximate surface area is 249 Å². The zero-order valence-corrected chi connectivity index (χ0v) is 23.4. The van der Waals surface area contributed by atoms with Gasteiger partial charge in [0.05, 0.1) is 0 Å². The van der Waals surface area contributed by atoms with Gasteiger partial charge in [0, 0.05) is 16.3 Å². The first-order valence-corrected chi connectivity index (χ1v) is 14.8. The molecule has 1 heterocycles. The van der Waals surface area contributed by atoms with Gasteiger partial charge in [0.15, 0.2) is 0 Å². The lowest BCUT2D eigenvalue weighted by Crippen LogP contribution is -1.90. The van der Waals surface area contributed by atoms with Crippen LogP contribution in [0.2, 0.25) is 0 Å². The molecule has 0 aliphatic heterocycles. The fourth-order valence-electron chi connectivity index (χ4n) is 6.88. The van der Waals surface area contributed by atoms with Crippen molar-refractivity contribution in [2.75, 3.05) is 0 Å². The lowest BCUT2D eigenvalue weighted by molar-refractivity contribution is 0.670. The van der Waals surface area contributed by atoms with E-state index >= 15 is 0 Å². The van der Waals surface area contributed by atoms with Gasteiger partial charge in [-0.25, -0.2) is 0 Å². The number of rotatable bonds is 3. The van der Waals surface area contributed by atoms with Crippen molar-refractivity contribution in [1.29, 1.82) is 0 Å². The summed E-state index contributed by atoms with van der Waals surface area (Å²) < 4.78 is 6.53. The quantitative estimate of drug-likeness (QED) is 0.201. The zero-order valence-electron chi connectivity index (χ0n) is 23.4. The van der Waals surface area contributed by atoms with E-state index in [1.54, 1.807) is 0 Å². The number of fused-ring (bicyclic) bond motifs is 6. The normalized spacial score (nSPS) is 11.7. The summed E-state index contributed by atoms with van der Waals surface area (Å²) in [7, 11) is 0. The van der Waals surface area contributed by atoms with Crippen LogP contribution < -0.4 is 0 Å². The molecule has 1 aromatic heterocycles. The second-order valence-corrected chi connectivity index (χ2v) is 11.3. The number of furan rings is 1. The highest BCUT2D eigenvalue weighted by atomic mass is 16.3. The smallest absolute Gasteiger partial charge is 0.143 e. The Balaban J connectivity index is 1.23. The molecule has 0 atom stereocenters. The van der Waals surface area contributed by atoms with Gasteiger partial charge in [0.25, 0.3) is 0 Å². The van der Waals surface area contributed by atoms with E-state index in [4.69, 9.17) is 4.42 Å². The molecule has 0 aliphatic carbocycles. The van der Waals surface area contributed by atoms with E-state index < -0.39 is 0 Å². The molecular formula is C42H26O. The largest absolute Gasteiger partial charge is 0.455 e. The summed E-state index contributed by atoms with van der Waals surface area (Å²) in [5, 5.41) is 9.79. The highest BCUT2D eigenvalue weighted by Crippen LogP contribution is 2.44. The van der Waals surface area contributed by atoms with Crippen LogP contribution in [0.5, 0.6) is 0 Å². The van der Waals surface area contributed by atoms with Crippen LogP contribution >= 0.6 is 0 Å². The molecular weight excluding hydrogens is 520 g/mol. The summed E-state index contributed by atoms with van der Waals surface area (Å²) >= 11 is 0. The summed E-state index contributed by atoms with van der Waals surface area (Å²) in [6, 6.07) is 56.7. The maximum absolute atomic E-state index is 6.53.